The molecule has 2 aliphatic carbocycles. The highest BCUT2D eigenvalue weighted by Crippen LogP contribution is 2.67. The monoisotopic (exact) mass is 336 g/mol. The summed E-state index contributed by atoms with van der Waals surface area (Å²) in [6.45, 7) is 9.59. The molecule has 2 aliphatic heterocycles. The average molecular weight is 336 g/mol. The first kappa shape index (κ1) is 17.0. The summed E-state index contributed by atoms with van der Waals surface area (Å²) in [5, 5.41) is 9.87. The number of Topliss-reactive ketones (excluding diaryl/α,β-unsaturated/α-hetero) is 1. The van der Waals surface area contributed by atoms with E-state index < -0.39 is 11.9 Å². The summed E-state index contributed by atoms with van der Waals surface area (Å²) in [6.07, 6.45) is 5.86. The van der Waals surface area contributed by atoms with Crippen LogP contribution in [0.25, 0.3) is 0 Å². The molecule has 2 heterocycles. The summed E-state index contributed by atoms with van der Waals surface area (Å²) in [4.78, 5) is 12.9. The molecule has 0 radical (unpaired) electrons. The molecule has 4 fully saturated rings. The van der Waals surface area contributed by atoms with E-state index in [1.165, 1.54) is 12.8 Å². The molecule has 136 valence electrons. The second-order valence-electron chi connectivity index (χ2n) is 9.85. The van der Waals surface area contributed by atoms with Gasteiger partial charge in [0, 0.05) is 24.2 Å². The van der Waals surface area contributed by atoms with Crippen LogP contribution in [0, 0.1) is 22.7 Å². The summed E-state index contributed by atoms with van der Waals surface area (Å²) in [7, 11) is 0. The number of aliphatic hydroxyl groups is 1. The predicted molar refractivity (Wildman–Crippen MR) is 90.4 cm³/mol. The van der Waals surface area contributed by atoms with Crippen molar-refractivity contribution in [2.75, 3.05) is 6.61 Å². The van der Waals surface area contributed by atoms with Crippen molar-refractivity contribution in [2.45, 2.75) is 90.1 Å². The fourth-order valence-corrected chi connectivity index (χ4v) is 6.80. The SMILES string of the molecule is C[C@@H]1C(=O)C[C@H]2C(C)(C)CCC[C@]2(C)[C@]12CC[C@@]1(CO[C@H](O)C1)O2. The molecule has 0 aromatic rings. The van der Waals surface area contributed by atoms with Gasteiger partial charge in [0.25, 0.3) is 0 Å². The number of rotatable bonds is 0. The minimum atomic E-state index is -0.721. The van der Waals surface area contributed by atoms with Crippen LogP contribution >= 0.6 is 0 Å². The number of fused-ring (bicyclic) bond motifs is 2. The smallest absolute Gasteiger partial charge is 0.157 e. The minimum Gasteiger partial charge on any atom is -0.368 e. The fourth-order valence-electron chi connectivity index (χ4n) is 6.80. The third kappa shape index (κ3) is 2.05. The van der Waals surface area contributed by atoms with E-state index in [1.807, 2.05) is 0 Å². The first-order chi connectivity index (χ1) is 11.1. The topological polar surface area (TPSA) is 55.8 Å². The lowest BCUT2D eigenvalue weighted by Gasteiger charge is -2.63. The van der Waals surface area contributed by atoms with Gasteiger partial charge in [-0.2, -0.15) is 0 Å². The lowest BCUT2D eigenvalue weighted by molar-refractivity contribution is -0.239. The van der Waals surface area contributed by atoms with Crippen LogP contribution in [-0.4, -0.2) is 35.0 Å². The second-order valence-corrected chi connectivity index (χ2v) is 9.85. The molecule has 24 heavy (non-hydrogen) atoms. The van der Waals surface area contributed by atoms with Crippen LogP contribution in [0.1, 0.15) is 72.6 Å². The number of hydrogen-bond acceptors (Lipinski definition) is 4. The van der Waals surface area contributed by atoms with Gasteiger partial charge in [-0.1, -0.05) is 34.1 Å². The van der Waals surface area contributed by atoms with Crippen molar-refractivity contribution in [2.24, 2.45) is 22.7 Å². The van der Waals surface area contributed by atoms with E-state index in [1.54, 1.807) is 0 Å². The molecule has 4 aliphatic rings. The zero-order valence-electron chi connectivity index (χ0n) is 15.6. The molecule has 0 unspecified atom stereocenters. The van der Waals surface area contributed by atoms with Crippen LogP contribution in [0.15, 0.2) is 0 Å². The Kier molecular flexibility index (Phi) is 3.57. The number of carbonyl (C=O) groups excluding carboxylic acids is 1. The van der Waals surface area contributed by atoms with E-state index in [9.17, 15) is 9.90 Å². The quantitative estimate of drug-likeness (QED) is 0.736. The molecular formula is C20H32O4. The fraction of sp³-hybridized carbons (Fsp3) is 0.950. The number of carbonyl (C=O) groups is 1. The lowest BCUT2D eigenvalue weighted by Crippen LogP contribution is -2.65. The molecule has 1 N–H and O–H groups in total. The third-order valence-corrected chi connectivity index (χ3v) is 8.22. The zero-order valence-corrected chi connectivity index (χ0v) is 15.6. The molecule has 0 aromatic heterocycles. The van der Waals surface area contributed by atoms with Gasteiger partial charge in [-0.3, -0.25) is 4.79 Å². The highest BCUT2D eigenvalue weighted by Gasteiger charge is 2.69. The molecule has 2 saturated carbocycles. The molecule has 0 bridgehead atoms. The Morgan fingerprint density at radius 2 is 1.88 bits per heavy atom. The van der Waals surface area contributed by atoms with E-state index in [4.69, 9.17) is 9.47 Å². The summed E-state index contributed by atoms with van der Waals surface area (Å²) in [5.41, 5.74) is -0.571. The van der Waals surface area contributed by atoms with E-state index in [2.05, 4.69) is 27.7 Å². The van der Waals surface area contributed by atoms with Crippen molar-refractivity contribution >= 4 is 5.78 Å². The number of ketones is 1. The summed E-state index contributed by atoms with van der Waals surface area (Å²) in [5.74, 6) is 0.679. The molecule has 0 amide bonds. The molecular weight excluding hydrogens is 304 g/mol. The molecule has 4 heteroatoms. The first-order valence-electron chi connectivity index (χ1n) is 9.67. The highest BCUT2D eigenvalue weighted by atomic mass is 16.6. The van der Waals surface area contributed by atoms with E-state index >= 15 is 0 Å². The Morgan fingerprint density at radius 3 is 2.54 bits per heavy atom. The molecule has 6 atom stereocenters. The van der Waals surface area contributed by atoms with Crippen molar-refractivity contribution in [3.05, 3.63) is 0 Å². The van der Waals surface area contributed by atoms with Crippen molar-refractivity contribution in [3.63, 3.8) is 0 Å². The Morgan fingerprint density at radius 1 is 1.12 bits per heavy atom. The number of aliphatic hydroxyl groups excluding tert-OH is 1. The standard InChI is InChI=1S/C20H32O4/c1-13-14(21)10-15-17(2,3)6-5-7-18(15,4)20(13)9-8-19(24-20)11-16(22)23-12-19/h13,15-16,22H,5-12H2,1-4H3/t13-,15+,16+,18+,19-,20+/m1/s1. The molecule has 0 aromatic carbocycles. The van der Waals surface area contributed by atoms with E-state index in [0.29, 0.717) is 31.1 Å². The van der Waals surface area contributed by atoms with Gasteiger partial charge < -0.3 is 14.6 Å². The Labute approximate surface area is 145 Å². The lowest BCUT2D eigenvalue weighted by atomic mass is 9.44. The summed E-state index contributed by atoms with van der Waals surface area (Å²) in [6, 6.07) is 0. The van der Waals surface area contributed by atoms with E-state index in [0.717, 1.165) is 19.3 Å². The molecule has 4 nitrogen and oxygen atoms in total. The Bertz CT molecular complexity index is 558. The summed E-state index contributed by atoms with van der Waals surface area (Å²) < 4.78 is 12.3. The van der Waals surface area contributed by atoms with Crippen LogP contribution in [0.5, 0.6) is 0 Å². The van der Waals surface area contributed by atoms with Crippen molar-refractivity contribution in [1.29, 1.82) is 0 Å². The normalized spacial score (nSPS) is 53.7. The van der Waals surface area contributed by atoms with E-state index in [-0.39, 0.29) is 22.3 Å². The van der Waals surface area contributed by atoms with Crippen molar-refractivity contribution in [3.8, 4) is 0 Å². The Hall–Kier alpha value is -0.450. The second kappa shape index (κ2) is 5.05. The van der Waals surface area contributed by atoms with Crippen molar-refractivity contribution in [1.82, 2.24) is 0 Å². The third-order valence-electron chi connectivity index (χ3n) is 8.22. The maximum Gasteiger partial charge on any atom is 0.157 e. The van der Waals surface area contributed by atoms with Gasteiger partial charge in [0.2, 0.25) is 0 Å². The van der Waals surface area contributed by atoms with Gasteiger partial charge in [-0.05, 0) is 37.0 Å². The van der Waals surface area contributed by atoms with Gasteiger partial charge >= 0.3 is 0 Å². The summed E-state index contributed by atoms with van der Waals surface area (Å²) >= 11 is 0. The van der Waals surface area contributed by atoms with Crippen LogP contribution in [0.3, 0.4) is 0 Å². The average Bonchev–Trinajstić information content (AvgIpc) is 3.05. The van der Waals surface area contributed by atoms with Crippen LogP contribution in [-0.2, 0) is 14.3 Å². The first-order valence-corrected chi connectivity index (χ1v) is 9.67. The van der Waals surface area contributed by atoms with Crippen LogP contribution in [0.4, 0.5) is 0 Å². The van der Waals surface area contributed by atoms with Crippen molar-refractivity contribution < 1.29 is 19.4 Å². The van der Waals surface area contributed by atoms with Gasteiger partial charge in [0.05, 0.1) is 17.8 Å². The predicted octanol–water partition coefficient (Wildman–Crippen LogP) is 3.45. The molecule has 4 rings (SSSR count). The van der Waals surface area contributed by atoms with Gasteiger partial charge in [0.1, 0.15) is 5.78 Å². The molecule has 2 saturated heterocycles. The Balaban J connectivity index is 1.76. The number of ether oxygens (including phenoxy) is 2. The maximum absolute atomic E-state index is 12.9. The largest absolute Gasteiger partial charge is 0.368 e. The van der Waals surface area contributed by atoms with Crippen LogP contribution in [0.2, 0.25) is 0 Å². The van der Waals surface area contributed by atoms with Crippen LogP contribution < -0.4 is 0 Å². The van der Waals surface area contributed by atoms with Gasteiger partial charge in [-0.25, -0.2) is 0 Å². The minimum absolute atomic E-state index is 0.0269. The highest BCUT2D eigenvalue weighted by molar-refractivity contribution is 5.84. The zero-order chi connectivity index (χ0) is 17.4. The van der Waals surface area contributed by atoms with Gasteiger partial charge in [-0.15, -0.1) is 0 Å². The van der Waals surface area contributed by atoms with Gasteiger partial charge in [0.15, 0.2) is 6.29 Å². The maximum atomic E-state index is 12.9. The number of hydrogen-bond donors (Lipinski definition) is 1. The molecule has 2 spiro atoms.